The van der Waals surface area contributed by atoms with E-state index >= 15 is 0 Å². The normalized spacial score (nSPS) is 31.4. The molecule has 1 saturated heterocycles. The van der Waals surface area contributed by atoms with Gasteiger partial charge in [-0.2, -0.15) is 0 Å². The monoisotopic (exact) mass is 199 g/mol. The van der Waals surface area contributed by atoms with Crippen molar-refractivity contribution in [2.45, 2.75) is 30.8 Å². The van der Waals surface area contributed by atoms with Gasteiger partial charge in [-0.1, -0.05) is 0 Å². The van der Waals surface area contributed by atoms with Gasteiger partial charge in [-0.25, -0.2) is 4.79 Å². The van der Waals surface area contributed by atoms with E-state index in [1.54, 1.807) is 0 Å². The number of aliphatic carboxylic acids is 1. The minimum atomic E-state index is -1.09. The highest BCUT2D eigenvalue weighted by molar-refractivity contribution is 5.82. The van der Waals surface area contributed by atoms with Crippen molar-refractivity contribution in [2.24, 2.45) is 0 Å². The maximum Gasteiger partial charge on any atom is 0.332 e. The molecule has 1 atom stereocenters. The summed E-state index contributed by atoms with van der Waals surface area (Å²) in [6.45, 7) is 0.543. The molecule has 1 aliphatic carbocycles. The zero-order valence-electron chi connectivity index (χ0n) is 7.81. The fraction of sp³-hybridized carbons (Fsp3) is 0.778. The molecule has 14 heavy (non-hydrogen) atoms. The van der Waals surface area contributed by atoms with Gasteiger partial charge in [0.25, 0.3) is 0 Å². The largest absolute Gasteiger partial charge is 0.479 e. The van der Waals surface area contributed by atoms with Crippen LogP contribution in [0.15, 0.2) is 0 Å². The second kappa shape index (κ2) is 3.24. The van der Waals surface area contributed by atoms with Crippen molar-refractivity contribution in [2.75, 3.05) is 13.2 Å². The molecular formula is C9H13NO4. The van der Waals surface area contributed by atoms with Crippen LogP contribution < -0.4 is 0 Å². The van der Waals surface area contributed by atoms with Gasteiger partial charge >= 0.3 is 5.97 Å². The Hall–Kier alpha value is -1.10. The van der Waals surface area contributed by atoms with Crippen LogP contribution in [0.4, 0.5) is 0 Å². The van der Waals surface area contributed by atoms with E-state index in [-0.39, 0.29) is 12.6 Å². The Balaban J connectivity index is 2.23. The second-order valence-corrected chi connectivity index (χ2v) is 3.88. The third-order valence-electron chi connectivity index (χ3n) is 2.95. The second-order valence-electron chi connectivity index (χ2n) is 3.88. The molecule has 1 saturated carbocycles. The molecule has 1 unspecified atom stereocenters. The highest BCUT2D eigenvalue weighted by Gasteiger charge is 2.51. The lowest BCUT2D eigenvalue weighted by atomic mass is 9.96. The summed E-state index contributed by atoms with van der Waals surface area (Å²) in [5.74, 6) is -0.950. The number of amides is 1. The summed E-state index contributed by atoms with van der Waals surface area (Å²) < 4.78 is 5.10. The Morgan fingerprint density at radius 2 is 2.29 bits per heavy atom. The Bertz CT molecular complexity index is 256. The van der Waals surface area contributed by atoms with Gasteiger partial charge in [0.2, 0.25) is 6.41 Å². The number of rotatable bonds is 4. The summed E-state index contributed by atoms with van der Waals surface area (Å²) in [6, 6.07) is 0.116. The first-order valence-corrected chi connectivity index (χ1v) is 4.75. The van der Waals surface area contributed by atoms with Gasteiger partial charge in [0.1, 0.15) is 0 Å². The number of nitrogens with zero attached hydrogens (tertiary/aromatic N) is 1. The van der Waals surface area contributed by atoms with E-state index in [0.29, 0.717) is 19.4 Å². The van der Waals surface area contributed by atoms with Crippen LogP contribution in [0.3, 0.4) is 0 Å². The molecule has 1 heterocycles. The topological polar surface area (TPSA) is 66.8 Å². The van der Waals surface area contributed by atoms with E-state index in [1.807, 2.05) is 0 Å². The predicted molar refractivity (Wildman–Crippen MR) is 46.7 cm³/mol. The molecule has 0 bridgehead atoms. The first kappa shape index (κ1) is 9.45. The molecule has 0 aromatic rings. The number of ether oxygens (including phenoxy) is 1. The molecule has 1 aliphatic heterocycles. The zero-order chi connectivity index (χ0) is 10.2. The lowest BCUT2D eigenvalue weighted by molar-refractivity contribution is -0.155. The predicted octanol–water partition coefficient (Wildman–Crippen LogP) is -0.149. The lowest BCUT2D eigenvalue weighted by Crippen LogP contribution is -2.55. The number of hydrogen-bond donors (Lipinski definition) is 1. The molecule has 5 nitrogen and oxygen atoms in total. The van der Waals surface area contributed by atoms with Gasteiger partial charge in [-0.15, -0.1) is 0 Å². The Morgan fingerprint density at radius 1 is 1.57 bits per heavy atom. The zero-order valence-corrected chi connectivity index (χ0v) is 7.81. The summed E-state index contributed by atoms with van der Waals surface area (Å²) in [7, 11) is 0. The number of hydrogen-bond acceptors (Lipinski definition) is 3. The fourth-order valence-corrected chi connectivity index (χ4v) is 1.93. The molecule has 0 aromatic heterocycles. The van der Waals surface area contributed by atoms with Crippen molar-refractivity contribution in [3.05, 3.63) is 0 Å². The summed E-state index contributed by atoms with van der Waals surface area (Å²) in [5, 5.41) is 9.16. The van der Waals surface area contributed by atoms with Crippen LogP contribution >= 0.6 is 0 Å². The SMILES string of the molecule is O=CN(C1CC1)C1(C(=O)O)CCOC1. The average molecular weight is 199 g/mol. The number of carbonyl (C=O) groups is 2. The molecule has 0 radical (unpaired) electrons. The van der Waals surface area contributed by atoms with Gasteiger partial charge in [-0.05, 0) is 12.8 Å². The summed E-state index contributed by atoms with van der Waals surface area (Å²) in [6.07, 6.45) is 2.87. The first-order valence-electron chi connectivity index (χ1n) is 4.75. The van der Waals surface area contributed by atoms with Crippen molar-refractivity contribution in [1.29, 1.82) is 0 Å². The van der Waals surface area contributed by atoms with Crippen LogP contribution in [0.1, 0.15) is 19.3 Å². The molecule has 2 rings (SSSR count). The Kier molecular flexibility index (Phi) is 2.19. The summed E-state index contributed by atoms with van der Waals surface area (Å²) in [5.41, 5.74) is -1.09. The van der Waals surface area contributed by atoms with Crippen LogP contribution in [0.2, 0.25) is 0 Å². The quantitative estimate of drug-likeness (QED) is 0.639. The van der Waals surface area contributed by atoms with Crippen LogP contribution in [0, 0.1) is 0 Å². The van der Waals surface area contributed by atoms with Gasteiger partial charge in [0, 0.05) is 19.1 Å². The fourth-order valence-electron chi connectivity index (χ4n) is 1.93. The van der Waals surface area contributed by atoms with E-state index in [4.69, 9.17) is 9.84 Å². The lowest BCUT2D eigenvalue weighted by Gasteiger charge is -2.33. The minimum Gasteiger partial charge on any atom is -0.479 e. The van der Waals surface area contributed by atoms with Gasteiger partial charge in [-0.3, -0.25) is 4.79 Å². The number of carboxylic acid groups (broad SMARTS) is 1. The van der Waals surface area contributed by atoms with Crippen molar-refractivity contribution in [1.82, 2.24) is 4.90 Å². The molecule has 2 aliphatic rings. The molecule has 5 heteroatoms. The Labute approximate surface area is 81.6 Å². The first-order chi connectivity index (χ1) is 6.70. The molecule has 78 valence electrons. The third kappa shape index (κ3) is 1.28. The number of carboxylic acids is 1. The smallest absolute Gasteiger partial charge is 0.332 e. The van der Waals surface area contributed by atoms with E-state index in [2.05, 4.69) is 0 Å². The number of carbonyl (C=O) groups excluding carboxylic acids is 1. The standard InChI is InChI=1S/C9H13NO4/c11-6-10(7-1-2-7)9(8(12)13)3-4-14-5-9/h6-7H,1-5H2,(H,12,13). The maximum atomic E-state index is 11.2. The van der Waals surface area contributed by atoms with Gasteiger partial charge < -0.3 is 14.7 Å². The van der Waals surface area contributed by atoms with Gasteiger partial charge in [0.05, 0.1) is 6.61 Å². The van der Waals surface area contributed by atoms with E-state index < -0.39 is 11.5 Å². The minimum absolute atomic E-state index is 0.116. The third-order valence-corrected chi connectivity index (χ3v) is 2.95. The molecule has 1 N–H and O–H groups in total. The van der Waals surface area contributed by atoms with Gasteiger partial charge in [0.15, 0.2) is 5.54 Å². The van der Waals surface area contributed by atoms with E-state index in [9.17, 15) is 9.59 Å². The van der Waals surface area contributed by atoms with E-state index in [0.717, 1.165) is 12.8 Å². The molecule has 1 amide bonds. The van der Waals surface area contributed by atoms with Crippen LogP contribution in [0.25, 0.3) is 0 Å². The molecular weight excluding hydrogens is 186 g/mol. The molecule has 0 spiro atoms. The average Bonchev–Trinajstić information content (AvgIpc) is 2.84. The Morgan fingerprint density at radius 3 is 2.64 bits per heavy atom. The van der Waals surface area contributed by atoms with Crippen LogP contribution in [-0.4, -0.2) is 47.2 Å². The highest BCUT2D eigenvalue weighted by Crippen LogP contribution is 2.36. The molecule has 2 fully saturated rings. The van der Waals surface area contributed by atoms with Crippen molar-refractivity contribution >= 4 is 12.4 Å². The van der Waals surface area contributed by atoms with Crippen LogP contribution in [0.5, 0.6) is 0 Å². The summed E-state index contributed by atoms with van der Waals surface area (Å²) in [4.78, 5) is 23.5. The highest BCUT2D eigenvalue weighted by atomic mass is 16.5. The maximum absolute atomic E-state index is 11.2. The van der Waals surface area contributed by atoms with Crippen molar-refractivity contribution in [3.8, 4) is 0 Å². The van der Waals surface area contributed by atoms with Crippen molar-refractivity contribution < 1.29 is 19.4 Å². The van der Waals surface area contributed by atoms with Crippen molar-refractivity contribution in [3.63, 3.8) is 0 Å². The molecule has 0 aromatic carbocycles. The van der Waals surface area contributed by atoms with E-state index in [1.165, 1.54) is 4.90 Å². The summed E-state index contributed by atoms with van der Waals surface area (Å²) >= 11 is 0. The van der Waals surface area contributed by atoms with Crippen LogP contribution in [-0.2, 0) is 14.3 Å².